The number of methoxy groups -OCH3 is 1. The van der Waals surface area contributed by atoms with Crippen molar-refractivity contribution in [2.75, 3.05) is 19.5 Å². The van der Waals surface area contributed by atoms with Crippen LogP contribution in [0.4, 0.5) is 0 Å². The highest BCUT2D eigenvalue weighted by Crippen LogP contribution is 2.26. The standard InChI is InChI=1S/C13H25N3OS/c1-5-11(14)9-12-10(2)15-16(3)13(12)18-8-6-7-17-4/h11H,5-9,14H2,1-4H3. The number of aryl methyl sites for hydroxylation is 2. The SMILES string of the molecule is CCC(N)Cc1c(C)nn(C)c1SCCCOC. The van der Waals surface area contributed by atoms with Crippen LogP contribution < -0.4 is 5.73 Å². The van der Waals surface area contributed by atoms with E-state index in [0.717, 1.165) is 37.3 Å². The molecule has 1 aromatic rings. The van der Waals surface area contributed by atoms with Crippen molar-refractivity contribution in [3.63, 3.8) is 0 Å². The average molecular weight is 271 g/mol. The summed E-state index contributed by atoms with van der Waals surface area (Å²) in [5, 5.41) is 5.76. The van der Waals surface area contributed by atoms with Gasteiger partial charge in [0.2, 0.25) is 0 Å². The second-order valence-corrected chi connectivity index (χ2v) is 5.64. The Kier molecular flexibility index (Phi) is 6.75. The van der Waals surface area contributed by atoms with Crippen molar-refractivity contribution in [1.82, 2.24) is 9.78 Å². The number of ether oxygens (including phenoxy) is 1. The number of aromatic nitrogens is 2. The van der Waals surface area contributed by atoms with Gasteiger partial charge in [0.1, 0.15) is 0 Å². The summed E-state index contributed by atoms with van der Waals surface area (Å²) in [6.45, 7) is 5.01. The van der Waals surface area contributed by atoms with Crippen LogP contribution in [-0.2, 0) is 18.2 Å². The van der Waals surface area contributed by atoms with Gasteiger partial charge < -0.3 is 10.5 Å². The van der Waals surface area contributed by atoms with Crippen LogP contribution in [0.2, 0.25) is 0 Å². The number of hydrogen-bond acceptors (Lipinski definition) is 4. The molecule has 0 aliphatic heterocycles. The molecule has 4 nitrogen and oxygen atoms in total. The minimum Gasteiger partial charge on any atom is -0.385 e. The summed E-state index contributed by atoms with van der Waals surface area (Å²) in [5.41, 5.74) is 8.48. The second-order valence-electron chi connectivity index (χ2n) is 4.56. The maximum absolute atomic E-state index is 6.06. The first-order chi connectivity index (χ1) is 8.60. The molecule has 1 aromatic heterocycles. The predicted octanol–water partition coefficient (Wildman–Crippen LogP) is 2.14. The highest BCUT2D eigenvalue weighted by Gasteiger charge is 2.15. The summed E-state index contributed by atoms with van der Waals surface area (Å²) in [6.07, 6.45) is 2.98. The lowest BCUT2D eigenvalue weighted by Gasteiger charge is -2.10. The zero-order valence-electron chi connectivity index (χ0n) is 11.9. The normalized spacial score (nSPS) is 12.9. The van der Waals surface area contributed by atoms with E-state index in [-0.39, 0.29) is 6.04 Å². The van der Waals surface area contributed by atoms with Gasteiger partial charge in [0.25, 0.3) is 0 Å². The quantitative estimate of drug-likeness (QED) is 0.581. The van der Waals surface area contributed by atoms with E-state index in [0.29, 0.717) is 0 Å². The maximum Gasteiger partial charge on any atom is 0.0971 e. The van der Waals surface area contributed by atoms with Crippen molar-refractivity contribution in [2.24, 2.45) is 12.8 Å². The Balaban J connectivity index is 2.69. The Morgan fingerprint density at radius 2 is 2.22 bits per heavy atom. The zero-order chi connectivity index (χ0) is 13.5. The van der Waals surface area contributed by atoms with Crippen LogP contribution in [0, 0.1) is 6.92 Å². The van der Waals surface area contributed by atoms with Crippen molar-refractivity contribution < 1.29 is 4.74 Å². The Morgan fingerprint density at radius 1 is 1.50 bits per heavy atom. The lowest BCUT2D eigenvalue weighted by molar-refractivity contribution is 0.200. The predicted molar refractivity (Wildman–Crippen MR) is 77.1 cm³/mol. The van der Waals surface area contributed by atoms with Gasteiger partial charge in [0, 0.05) is 38.1 Å². The van der Waals surface area contributed by atoms with Gasteiger partial charge in [-0.05, 0) is 26.2 Å². The van der Waals surface area contributed by atoms with E-state index in [9.17, 15) is 0 Å². The van der Waals surface area contributed by atoms with Crippen LogP contribution in [0.1, 0.15) is 31.0 Å². The molecule has 104 valence electrons. The zero-order valence-corrected chi connectivity index (χ0v) is 12.7. The molecule has 18 heavy (non-hydrogen) atoms. The number of thioether (sulfide) groups is 1. The molecule has 0 aliphatic carbocycles. The van der Waals surface area contributed by atoms with Gasteiger partial charge in [0.05, 0.1) is 10.7 Å². The monoisotopic (exact) mass is 271 g/mol. The molecule has 0 saturated heterocycles. The first-order valence-electron chi connectivity index (χ1n) is 6.49. The fourth-order valence-electron chi connectivity index (χ4n) is 1.88. The van der Waals surface area contributed by atoms with Crippen LogP contribution in [0.3, 0.4) is 0 Å². The molecule has 5 heteroatoms. The smallest absolute Gasteiger partial charge is 0.0971 e. The first kappa shape index (κ1) is 15.5. The molecule has 0 aliphatic rings. The Hall–Kier alpha value is -0.520. The van der Waals surface area contributed by atoms with Crippen molar-refractivity contribution in [3.8, 4) is 0 Å². The summed E-state index contributed by atoms with van der Waals surface area (Å²) in [5.74, 6) is 1.06. The molecule has 2 N–H and O–H groups in total. The van der Waals surface area contributed by atoms with Crippen LogP contribution in [0.25, 0.3) is 0 Å². The van der Waals surface area contributed by atoms with Gasteiger partial charge in [0.15, 0.2) is 0 Å². The van der Waals surface area contributed by atoms with Crippen LogP contribution in [-0.4, -0.2) is 35.3 Å². The minimum atomic E-state index is 0.228. The van der Waals surface area contributed by atoms with Crippen molar-refractivity contribution in [1.29, 1.82) is 0 Å². The summed E-state index contributed by atoms with van der Waals surface area (Å²) in [4.78, 5) is 0. The lowest BCUT2D eigenvalue weighted by atomic mass is 10.1. The van der Waals surface area contributed by atoms with Crippen molar-refractivity contribution >= 4 is 11.8 Å². The summed E-state index contributed by atoms with van der Waals surface area (Å²) >= 11 is 1.85. The number of nitrogens with zero attached hydrogens (tertiary/aromatic N) is 2. The molecule has 0 bridgehead atoms. The third-order valence-electron chi connectivity index (χ3n) is 3.01. The van der Waals surface area contributed by atoms with E-state index in [1.54, 1.807) is 7.11 Å². The number of nitrogens with two attached hydrogens (primary N) is 1. The summed E-state index contributed by atoms with van der Waals surface area (Å²) in [6, 6.07) is 0.228. The fourth-order valence-corrected chi connectivity index (χ4v) is 2.96. The average Bonchev–Trinajstić information content (AvgIpc) is 2.60. The Morgan fingerprint density at radius 3 is 2.83 bits per heavy atom. The first-order valence-corrected chi connectivity index (χ1v) is 7.48. The van der Waals surface area contributed by atoms with Crippen molar-refractivity contribution in [3.05, 3.63) is 11.3 Å². The molecule has 0 radical (unpaired) electrons. The van der Waals surface area contributed by atoms with Crippen molar-refractivity contribution in [2.45, 2.75) is 44.2 Å². The maximum atomic E-state index is 6.06. The van der Waals surface area contributed by atoms with E-state index in [4.69, 9.17) is 10.5 Å². The van der Waals surface area contributed by atoms with E-state index < -0.39 is 0 Å². The molecule has 1 heterocycles. The molecule has 0 spiro atoms. The molecule has 1 unspecified atom stereocenters. The fraction of sp³-hybridized carbons (Fsp3) is 0.769. The molecular formula is C13H25N3OS. The summed E-state index contributed by atoms with van der Waals surface area (Å²) < 4.78 is 7.05. The largest absolute Gasteiger partial charge is 0.385 e. The van der Waals surface area contributed by atoms with Crippen LogP contribution in [0.5, 0.6) is 0 Å². The van der Waals surface area contributed by atoms with Gasteiger partial charge in [-0.1, -0.05) is 6.92 Å². The molecule has 1 rings (SSSR count). The Bertz CT molecular complexity index is 365. The molecule has 0 aromatic carbocycles. The number of hydrogen-bond donors (Lipinski definition) is 1. The molecule has 1 atom stereocenters. The van der Waals surface area contributed by atoms with E-state index in [1.807, 2.05) is 23.5 Å². The second kappa shape index (κ2) is 7.81. The Labute approximate surface area is 114 Å². The molecular weight excluding hydrogens is 246 g/mol. The third-order valence-corrected chi connectivity index (χ3v) is 4.29. The molecule has 0 amide bonds. The third kappa shape index (κ3) is 4.30. The molecule has 0 fully saturated rings. The lowest BCUT2D eigenvalue weighted by Crippen LogP contribution is -2.22. The topological polar surface area (TPSA) is 53.1 Å². The van der Waals surface area contributed by atoms with E-state index >= 15 is 0 Å². The van der Waals surface area contributed by atoms with Crippen LogP contribution in [0.15, 0.2) is 5.03 Å². The summed E-state index contributed by atoms with van der Waals surface area (Å²) in [7, 11) is 3.75. The van der Waals surface area contributed by atoms with Gasteiger partial charge in [-0.2, -0.15) is 5.10 Å². The molecule has 0 saturated carbocycles. The van der Waals surface area contributed by atoms with Gasteiger partial charge in [-0.3, -0.25) is 4.68 Å². The van der Waals surface area contributed by atoms with E-state index in [2.05, 4.69) is 18.9 Å². The highest BCUT2D eigenvalue weighted by atomic mass is 32.2. The van der Waals surface area contributed by atoms with Gasteiger partial charge in [-0.25, -0.2) is 0 Å². The minimum absolute atomic E-state index is 0.228. The van der Waals surface area contributed by atoms with Gasteiger partial charge >= 0.3 is 0 Å². The van der Waals surface area contributed by atoms with Gasteiger partial charge in [-0.15, -0.1) is 11.8 Å². The van der Waals surface area contributed by atoms with E-state index in [1.165, 1.54) is 10.6 Å². The number of rotatable bonds is 8. The highest BCUT2D eigenvalue weighted by molar-refractivity contribution is 7.99. The van der Waals surface area contributed by atoms with Crippen LogP contribution >= 0.6 is 11.8 Å².